The highest BCUT2D eigenvalue weighted by Gasteiger charge is 2.17. The molecular formula is C31H33F3. The van der Waals surface area contributed by atoms with Gasteiger partial charge in [0.05, 0.1) is 0 Å². The normalized spacial score (nSPS) is 15.9. The summed E-state index contributed by atoms with van der Waals surface area (Å²) in [6.07, 6.45) is 9.82. The van der Waals surface area contributed by atoms with Gasteiger partial charge in [-0.05, 0) is 71.9 Å². The van der Waals surface area contributed by atoms with E-state index in [-0.39, 0.29) is 11.4 Å². The summed E-state index contributed by atoms with van der Waals surface area (Å²) in [5.41, 5.74) is 4.67. The minimum atomic E-state index is -0.800. The van der Waals surface area contributed by atoms with Crippen LogP contribution in [-0.2, 0) is 6.42 Å². The van der Waals surface area contributed by atoms with E-state index < -0.39 is 11.6 Å². The lowest BCUT2D eigenvalue weighted by Gasteiger charge is -2.19. The number of benzene rings is 3. The van der Waals surface area contributed by atoms with Crippen LogP contribution in [0.3, 0.4) is 0 Å². The maximum Gasteiger partial charge on any atom is 0.166 e. The molecule has 3 aromatic carbocycles. The first-order valence-electron chi connectivity index (χ1n) is 12.5. The highest BCUT2D eigenvalue weighted by Crippen LogP contribution is 2.34. The second-order valence-electron chi connectivity index (χ2n) is 9.59. The van der Waals surface area contributed by atoms with Crippen LogP contribution in [0.15, 0.2) is 60.7 Å². The molecule has 3 heteroatoms. The van der Waals surface area contributed by atoms with E-state index in [1.807, 2.05) is 24.3 Å². The van der Waals surface area contributed by atoms with Crippen molar-refractivity contribution < 1.29 is 13.2 Å². The average Bonchev–Trinajstić information content (AvgIpc) is 2.85. The van der Waals surface area contributed by atoms with Crippen molar-refractivity contribution >= 4 is 5.57 Å². The summed E-state index contributed by atoms with van der Waals surface area (Å²) in [5.74, 6) is -1.11. The lowest BCUT2D eigenvalue weighted by atomic mass is 9.87. The molecule has 34 heavy (non-hydrogen) atoms. The summed E-state index contributed by atoms with van der Waals surface area (Å²) in [6, 6.07) is 15.9. The van der Waals surface area contributed by atoms with Crippen LogP contribution in [0.2, 0.25) is 0 Å². The van der Waals surface area contributed by atoms with Gasteiger partial charge in [0, 0.05) is 11.1 Å². The number of allylic oxidation sites excluding steroid dienone is 2. The van der Waals surface area contributed by atoms with Gasteiger partial charge in [-0.1, -0.05) is 87.7 Å². The third-order valence-electron chi connectivity index (χ3n) is 6.98. The molecule has 3 aromatic rings. The molecule has 0 heterocycles. The summed E-state index contributed by atoms with van der Waals surface area (Å²) in [6.45, 7) is 4.35. The molecule has 1 aliphatic rings. The van der Waals surface area contributed by atoms with Crippen LogP contribution in [0.1, 0.15) is 69.9 Å². The molecule has 1 aliphatic carbocycles. The lowest BCUT2D eigenvalue weighted by molar-refractivity contribution is 0.498. The van der Waals surface area contributed by atoms with Crippen LogP contribution in [0.5, 0.6) is 0 Å². The summed E-state index contributed by atoms with van der Waals surface area (Å²) in [7, 11) is 0. The molecule has 1 atom stereocenters. The molecule has 0 nitrogen and oxygen atoms in total. The molecule has 0 amide bonds. The highest BCUT2D eigenvalue weighted by molar-refractivity contribution is 5.74. The number of halogens is 3. The second-order valence-corrected chi connectivity index (χ2v) is 9.59. The summed E-state index contributed by atoms with van der Waals surface area (Å²) in [4.78, 5) is 0. The summed E-state index contributed by atoms with van der Waals surface area (Å²) >= 11 is 0. The number of hydrogen-bond acceptors (Lipinski definition) is 0. The van der Waals surface area contributed by atoms with Gasteiger partial charge in [0.1, 0.15) is 5.82 Å². The van der Waals surface area contributed by atoms with Crippen molar-refractivity contribution in [2.75, 3.05) is 0 Å². The van der Waals surface area contributed by atoms with Crippen molar-refractivity contribution in [3.63, 3.8) is 0 Å². The lowest BCUT2D eigenvalue weighted by Crippen LogP contribution is -2.02. The Balaban J connectivity index is 1.51. The zero-order chi connectivity index (χ0) is 24.1. The Morgan fingerprint density at radius 1 is 0.765 bits per heavy atom. The van der Waals surface area contributed by atoms with E-state index in [0.717, 1.165) is 61.6 Å². The number of unbranched alkanes of at least 4 members (excludes halogenated alkanes) is 3. The fourth-order valence-corrected chi connectivity index (χ4v) is 4.75. The van der Waals surface area contributed by atoms with E-state index in [1.165, 1.54) is 0 Å². The molecule has 0 saturated carbocycles. The third-order valence-corrected chi connectivity index (χ3v) is 6.98. The van der Waals surface area contributed by atoms with E-state index in [0.29, 0.717) is 29.0 Å². The molecule has 4 rings (SSSR count). The smallest absolute Gasteiger partial charge is 0.166 e. The summed E-state index contributed by atoms with van der Waals surface area (Å²) in [5, 5.41) is 0. The molecule has 0 radical (unpaired) electrons. The molecule has 0 aromatic heterocycles. The first-order valence-corrected chi connectivity index (χ1v) is 12.5. The standard InChI is InChI=1S/C31H33F3/c1-3-4-5-6-7-25-16-19-28(31(34)30(25)33)24-14-12-22(13-15-24)26-17-18-27(29(32)20-26)23-10-8-21(2)9-11-23/h10,12-21H,3-9,11H2,1-2H3. The van der Waals surface area contributed by atoms with Crippen LogP contribution < -0.4 is 0 Å². The van der Waals surface area contributed by atoms with E-state index in [9.17, 15) is 13.2 Å². The van der Waals surface area contributed by atoms with Crippen LogP contribution in [0.25, 0.3) is 27.8 Å². The Bertz CT molecular complexity index is 1160. The van der Waals surface area contributed by atoms with Gasteiger partial charge in [-0.25, -0.2) is 13.2 Å². The van der Waals surface area contributed by atoms with Crippen LogP contribution in [-0.4, -0.2) is 0 Å². The van der Waals surface area contributed by atoms with Crippen LogP contribution >= 0.6 is 0 Å². The van der Waals surface area contributed by atoms with Crippen molar-refractivity contribution in [1.82, 2.24) is 0 Å². The van der Waals surface area contributed by atoms with E-state index in [4.69, 9.17) is 0 Å². The maximum absolute atomic E-state index is 14.9. The first kappa shape index (κ1) is 24.3. The van der Waals surface area contributed by atoms with E-state index >= 15 is 0 Å². The van der Waals surface area contributed by atoms with Gasteiger partial charge in [0.2, 0.25) is 0 Å². The molecule has 0 N–H and O–H groups in total. The number of rotatable bonds is 8. The topological polar surface area (TPSA) is 0 Å². The monoisotopic (exact) mass is 462 g/mol. The minimum absolute atomic E-state index is 0.218. The average molecular weight is 463 g/mol. The maximum atomic E-state index is 14.9. The van der Waals surface area contributed by atoms with E-state index in [1.54, 1.807) is 30.3 Å². The van der Waals surface area contributed by atoms with Gasteiger partial charge < -0.3 is 0 Å². The number of aryl methyl sites for hydroxylation is 1. The Labute approximate surface area is 201 Å². The zero-order valence-electron chi connectivity index (χ0n) is 20.1. The van der Waals surface area contributed by atoms with Crippen molar-refractivity contribution in [2.45, 2.75) is 65.2 Å². The fraction of sp³-hybridized carbons (Fsp3) is 0.355. The minimum Gasteiger partial charge on any atom is -0.206 e. The summed E-state index contributed by atoms with van der Waals surface area (Å²) < 4.78 is 44.3. The van der Waals surface area contributed by atoms with Gasteiger partial charge >= 0.3 is 0 Å². The predicted octanol–water partition coefficient (Wildman–Crippen LogP) is 9.76. The fourth-order valence-electron chi connectivity index (χ4n) is 4.75. The Hall–Kier alpha value is -2.81. The van der Waals surface area contributed by atoms with Gasteiger partial charge in [-0.2, -0.15) is 0 Å². The predicted molar refractivity (Wildman–Crippen MR) is 136 cm³/mol. The zero-order valence-corrected chi connectivity index (χ0v) is 20.1. The van der Waals surface area contributed by atoms with Crippen LogP contribution in [0.4, 0.5) is 13.2 Å². The van der Waals surface area contributed by atoms with Crippen molar-refractivity contribution in [1.29, 1.82) is 0 Å². The molecule has 1 unspecified atom stereocenters. The quantitative estimate of drug-likeness (QED) is 0.292. The van der Waals surface area contributed by atoms with Gasteiger partial charge in [-0.15, -0.1) is 0 Å². The van der Waals surface area contributed by atoms with Crippen molar-refractivity contribution in [3.05, 3.63) is 89.3 Å². The largest absolute Gasteiger partial charge is 0.206 e. The van der Waals surface area contributed by atoms with Gasteiger partial charge in [0.15, 0.2) is 11.6 Å². The molecule has 0 spiro atoms. The molecular weight excluding hydrogens is 429 g/mol. The number of hydrogen-bond donors (Lipinski definition) is 0. The van der Waals surface area contributed by atoms with Crippen molar-refractivity contribution in [3.8, 4) is 22.3 Å². The Kier molecular flexibility index (Phi) is 7.92. The SMILES string of the molecule is CCCCCCc1ccc(-c2ccc(-c3ccc(C4=CCC(C)CC4)c(F)c3)cc2)c(F)c1F. The van der Waals surface area contributed by atoms with Gasteiger partial charge in [0.25, 0.3) is 0 Å². The Morgan fingerprint density at radius 3 is 2.15 bits per heavy atom. The molecule has 0 aliphatic heterocycles. The molecule has 0 fully saturated rings. The van der Waals surface area contributed by atoms with E-state index in [2.05, 4.69) is 19.9 Å². The Morgan fingerprint density at radius 2 is 1.47 bits per heavy atom. The third kappa shape index (κ3) is 5.46. The van der Waals surface area contributed by atoms with Crippen LogP contribution in [0, 0.1) is 23.4 Å². The van der Waals surface area contributed by atoms with Crippen molar-refractivity contribution in [2.24, 2.45) is 5.92 Å². The molecule has 178 valence electrons. The van der Waals surface area contributed by atoms with Gasteiger partial charge in [-0.3, -0.25) is 0 Å². The highest BCUT2D eigenvalue weighted by atomic mass is 19.2. The molecule has 0 saturated heterocycles. The molecule has 0 bridgehead atoms. The second kappa shape index (κ2) is 11.1. The first-order chi connectivity index (χ1) is 16.5.